The SMILES string of the molecule is CCC(=Cc1sc2cc(C)c(C)cc2[n+]1CCCOS(=O)O)C=C1Oc2ccc(-c3ccccc3)cc2N1CCCS(=O)(=O)O. The summed E-state index contributed by atoms with van der Waals surface area (Å²) >= 11 is -0.624. The van der Waals surface area contributed by atoms with Crippen LogP contribution in [0.4, 0.5) is 5.69 Å². The van der Waals surface area contributed by atoms with E-state index in [-0.39, 0.29) is 18.8 Å². The average molecular weight is 670 g/mol. The molecule has 0 radical (unpaired) electrons. The summed E-state index contributed by atoms with van der Waals surface area (Å²) in [5.74, 6) is 0.902. The molecule has 1 aliphatic rings. The molecule has 3 aromatic carbocycles. The van der Waals surface area contributed by atoms with E-state index in [1.54, 1.807) is 11.3 Å². The van der Waals surface area contributed by atoms with E-state index >= 15 is 0 Å². The Kier molecular flexibility index (Phi) is 10.5. The van der Waals surface area contributed by atoms with Crippen molar-refractivity contribution in [2.24, 2.45) is 0 Å². The van der Waals surface area contributed by atoms with Crippen molar-refractivity contribution in [2.75, 3.05) is 23.8 Å². The minimum absolute atomic E-state index is 0.154. The Morgan fingerprint density at radius 1 is 1.07 bits per heavy atom. The highest BCUT2D eigenvalue weighted by atomic mass is 32.2. The van der Waals surface area contributed by atoms with Crippen molar-refractivity contribution in [1.29, 1.82) is 0 Å². The monoisotopic (exact) mass is 669 g/mol. The molecule has 9 nitrogen and oxygen atoms in total. The number of nitrogens with zero attached hydrogens (tertiary/aromatic N) is 2. The molecular weight excluding hydrogens is 633 g/mol. The van der Waals surface area contributed by atoms with Gasteiger partial charge in [0, 0.05) is 31.2 Å². The molecule has 5 rings (SSSR count). The number of ether oxygens (including phenoxy) is 1. The lowest BCUT2D eigenvalue weighted by molar-refractivity contribution is -0.669. The van der Waals surface area contributed by atoms with E-state index in [9.17, 15) is 17.2 Å². The molecule has 4 aromatic rings. The van der Waals surface area contributed by atoms with Gasteiger partial charge < -0.3 is 9.64 Å². The Bertz CT molecular complexity index is 1880. The molecule has 0 amide bonds. The summed E-state index contributed by atoms with van der Waals surface area (Å²) in [5, 5.41) is 1.02. The first kappa shape index (κ1) is 33.0. The number of rotatable bonds is 13. The summed E-state index contributed by atoms with van der Waals surface area (Å²) in [6.07, 6.45) is 5.60. The maximum absolute atomic E-state index is 11.5. The second kappa shape index (κ2) is 14.4. The molecule has 2 heterocycles. The number of aryl methyl sites for hydroxylation is 3. The smallest absolute Gasteiger partial charge is 0.301 e. The van der Waals surface area contributed by atoms with E-state index in [0.717, 1.165) is 37.6 Å². The number of aromatic nitrogens is 1. The van der Waals surface area contributed by atoms with Gasteiger partial charge in [-0.25, -0.2) is 0 Å². The number of allylic oxidation sites excluding steroid dienone is 2. The molecule has 0 aliphatic carbocycles. The van der Waals surface area contributed by atoms with E-state index in [0.29, 0.717) is 37.6 Å². The summed E-state index contributed by atoms with van der Waals surface area (Å²) in [5.41, 5.74) is 7.38. The van der Waals surface area contributed by atoms with Crippen molar-refractivity contribution in [3.63, 3.8) is 0 Å². The lowest BCUT2D eigenvalue weighted by Gasteiger charge is -2.19. The number of hydrogen-bond acceptors (Lipinski definition) is 7. The first-order chi connectivity index (χ1) is 21.5. The Balaban J connectivity index is 1.52. The van der Waals surface area contributed by atoms with Crippen LogP contribution in [0, 0.1) is 13.8 Å². The molecule has 1 aliphatic heterocycles. The van der Waals surface area contributed by atoms with Crippen molar-refractivity contribution < 1.29 is 35.2 Å². The number of anilines is 1. The van der Waals surface area contributed by atoms with Crippen LogP contribution in [0.1, 0.15) is 42.3 Å². The fourth-order valence-corrected chi connectivity index (χ4v) is 7.26. The van der Waals surface area contributed by atoms with Crippen LogP contribution in [0.2, 0.25) is 0 Å². The van der Waals surface area contributed by atoms with Crippen LogP contribution in [0.5, 0.6) is 5.75 Å². The molecule has 1 atom stereocenters. The van der Waals surface area contributed by atoms with Gasteiger partial charge in [0.1, 0.15) is 4.70 Å². The normalized spacial score (nSPS) is 15.1. The van der Waals surface area contributed by atoms with Gasteiger partial charge >= 0.3 is 11.4 Å². The van der Waals surface area contributed by atoms with E-state index in [1.807, 2.05) is 59.5 Å². The third kappa shape index (κ3) is 8.26. The molecule has 0 fully saturated rings. The number of hydrogen-bond donors (Lipinski definition) is 2. The van der Waals surface area contributed by atoms with Crippen LogP contribution in [0.3, 0.4) is 0 Å². The van der Waals surface area contributed by atoms with E-state index in [2.05, 4.69) is 43.5 Å². The first-order valence-corrected chi connectivity index (χ1v) is 18.2. The van der Waals surface area contributed by atoms with Gasteiger partial charge in [-0.15, -0.1) is 0 Å². The predicted molar refractivity (Wildman–Crippen MR) is 180 cm³/mol. The van der Waals surface area contributed by atoms with Gasteiger partial charge in [0.15, 0.2) is 12.3 Å². The Morgan fingerprint density at radius 3 is 2.53 bits per heavy atom. The van der Waals surface area contributed by atoms with Gasteiger partial charge in [0.05, 0.1) is 18.0 Å². The molecule has 12 heteroatoms. The highest BCUT2D eigenvalue weighted by molar-refractivity contribution is 7.85. The Morgan fingerprint density at radius 2 is 1.82 bits per heavy atom. The maximum Gasteiger partial charge on any atom is 0.301 e. The third-order valence-corrected chi connectivity index (χ3v) is 9.97. The van der Waals surface area contributed by atoms with Gasteiger partial charge in [-0.3, -0.25) is 13.3 Å². The number of benzene rings is 3. The van der Waals surface area contributed by atoms with Crippen LogP contribution in [0.15, 0.2) is 78.2 Å². The van der Waals surface area contributed by atoms with Crippen molar-refractivity contribution in [2.45, 2.75) is 46.6 Å². The average Bonchev–Trinajstić information content (AvgIpc) is 3.50. The molecule has 0 bridgehead atoms. The Hall–Kier alpha value is -3.39. The first-order valence-electron chi connectivity index (χ1n) is 14.7. The second-order valence-electron chi connectivity index (χ2n) is 10.9. The molecule has 0 spiro atoms. The lowest BCUT2D eigenvalue weighted by atomic mass is 10.0. The molecule has 238 valence electrons. The van der Waals surface area contributed by atoms with Gasteiger partial charge in [0.25, 0.3) is 15.1 Å². The third-order valence-electron chi connectivity index (χ3n) is 7.70. The summed E-state index contributed by atoms with van der Waals surface area (Å²) in [6, 6.07) is 20.3. The summed E-state index contributed by atoms with van der Waals surface area (Å²) in [4.78, 5) is 1.97. The van der Waals surface area contributed by atoms with Crippen LogP contribution >= 0.6 is 11.3 Å². The van der Waals surface area contributed by atoms with E-state index < -0.39 is 21.5 Å². The van der Waals surface area contributed by atoms with Gasteiger partial charge in [0.2, 0.25) is 11.4 Å². The fraction of sp³-hybridized carbons (Fsp3) is 0.303. The highest BCUT2D eigenvalue weighted by Gasteiger charge is 2.28. The maximum atomic E-state index is 11.5. The molecule has 1 aromatic heterocycles. The van der Waals surface area contributed by atoms with Crippen molar-refractivity contribution >= 4 is 54.8 Å². The van der Waals surface area contributed by atoms with Crippen LogP contribution < -0.4 is 14.2 Å². The fourth-order valence-electron chi connectivity index (χ4n) is 5.26. The second-order valence-corrected chi connectivity index (χ2v) is 14.2. The molecule has 2 N–H and O–H groups in total. The summed E-state index contributed by atoms with van der Waals surface area (Å²) in [6.45, 7) is 7.34. The molecule has 1 unspecified atom stereocenters. The molecule has 0 saturated carbocycles. The van der Waals surface area contributed by atoms with Gasteiger partial charge in [-0.2, -0.15) is 17.2 Å². The van der Waals surface area contributed by atoms with Gasteiger partial charge in [-0.1, -0.05) is 54.7 Å². The van der Waals surface area contributed by atoms with Gasteiger partial charge in [-0.05, 0) is 72.7 Å². The minimum Gasteiger partial charge on any atom is -0.439 e. The predicted octanol–water partition coefficient (Wildman–Crippen LogP) is 6.83. The summed E-state index contributed by atoms with van der Waals surface area (Å²) < 4.78 is 67.0. The van der Waals surface area contributed by atoms with Crippen LogP contribution in [-0.4, -0.2) is 40.6 Å². The standard InChI is InChI=1S/C33H36N2O7S3/c1-4-25(21-33-35(14-8-16-41-44(36)37)29-18-23(2)24(3)19-31(29)43-33)20-32-34(15-9-17-45(38,39)40)28-22-27(12-13-30(28)42-32)26-10-6-5-7-11-26/h5-7,10-13,18-22H,4,8-9,14-17H2,1-3H3,(H-,36,37,38,39,40)/p+1. The Labute approximate surface area is 270 Å². The number of fused-ring (bicyclic) bond motifs is 2. The van der Waals surface area contributed by atoms with E-state index in [4.69, 9.17) is 13.5 Å². The zero-order valence-corrected chi connectivity index (χ0v) is 27.9. The lowest BCUT2D eigenvalue weighted by Crippen LogP contribution is -2.35. The topological polar surface area (TPSA) is 117 Å². The molecule has 45 heavy (non-hydrogen) atoms. The number of thiazole rings is 1. The largest absolute Gasteiger partial charge is 0.439 e. The van der Waals surface area contributed by atoms with Crippen LogP contribution in [-0.2, 0) is 32.2 Å². The van der Waals surface area contributed by atoms with Crippen LogP contribution in [0.25, 0.3) is 27.4 Å². The zero-order valence-electron chi connectivity index (χ0n) is 25.4. The van der Waals surface area contributed by atoms with Crippen molar-refractivity contribution in [3.8, 4) is 16.9 Å². The zero-order chi connectivity index (χ0) is 32.1. The summed E-state index contributed by atoms with van der Waals surface area (Å²) in [7, 11) is -4.11. The minimum atomic E-state index is -4.11. The highest BCUT2D eigenvalue weighted by Crippen LogP contribution is 2.42. The molecular formula is C33H37N2O7S3+. The molecule has 0 saturated heterocycles. The van der Waals surface area contributed by atoms with E-state index in [1.165, 1.54) is 11.1 Å². The van der Waals surface area contributed by atoms with Crippen molar-refractivity contribution in [1.82, 2.24) is 0 Å². The quantitative estimate of drug-likeness (QED) is 0.0689. The van der Waals surface area contributed by atoms with Crippen molar-refractivity contribution in [3.05, 3.63) is 94.3 Å².